The zero-order valence-corrected chi connectivity index (χ0v) is 16.8. The molecule has 0 saturated carbocycles. The number of nitrogens with zero attached hydrogens (tertiary/aromatic N) is 1. The summed E-state index contributed by atoms with van der Waals surface area (Å²) >= 11 is 0. The molecule has 2 heterocycles. The summed E-state index contributed by atoms with van der Waals surface area (Å²) < 4.78 is 10.6. The minimum atomic E-state index is -0.230. The van der Waals surface area contributed by atoms with Crippen LogP contribution in [0.15, 0.2) is 24.3 Å². The highest BCUT2D eigenvalue weighted by Gasteiger charge is 2.25. The highest BCUT2D eigenvalue weighted by atomic mass is 16.7. The van der Waals surface area contributed by atoms with E-state index in [1.807, 2.05) is 43.9 Å². The van der Waals surface area contributed by atoms with Crippen molar-refractivity contribution in [2.45, 2.75) is 39.2 Å². The van der Waals surface area contributed by atoms with Crippen LogP contribution in [0.2, 0.25) is 0 Å². The van der Waals surface area contributed by atoms with Gasteiger partial charge in [0.05, 0.1) is 0 Å². The average molecular weight is 387 g/mol. The molecule has 0 aromatic heterocycles. The van der Waals surface area contributed by atoms with Crippen molar-refractivity contribution in [1.29, 1.82) is 0 Å². The summed E-state index contributed by atoms with van der Waals surface area (Å²) in [6.07, 6.45) is 5.08. The van der Waals surface area contributed by atoms with Gasteiger partial charge in [-0.3, -0.25) is 4.79 Å². The fraction of sp³-hybridized carbons (Fsp3) is 0.524. The summed E-state index contributed by atoms with van der Waals surface area (Å²) in [5.74, 6) is 1.70. The van der Waals surface area contributed by atoms with Gasteiger partial charge in [0.2, 0.25) is 12.7 Å². The van der Waals surface area contributed by atoms with Crippen molar-refractivity contribution in [2.24, 2.45) is 5.92 Å². The second-order valence-electron chi connectivity index (χ2n) is 8.30. The molecule has 1 aromatic rings. The van der Waals surface area contributed by atoms with Gasteiger partial charge in [0.15, 0.2) is 11.5 Å². The van der Waals surface area contributed by atoms with Crippen molar-refractivity contribution >= 4 is 18.0 Å². The fourth-order valence-corrected chi connectivity index (χ4v) is 3.23. The van der Waals surface area contributed by atoms with Crippen LogP contribution in [0.25, 0.3) is 6.08 Å². The first-order valence-electron chi connectivity index (χ1n) is 9.73. The van der Waals surface area contributed by atoms with E-state index in [2.05, 4.69) is 10.6 Å². The quantitative estimate of drug-likeness (QED) is 0.779. The molecule has 2 N–H and O–H groups in total. The van der Waals surface area contributed by atoms with Gasteiger partial charge in [-0.1, -0.05) is 6.07 Å². The predicted molar refractivity (Wildman–Crippen MR) is 107 cm³/mol. The van der Waals surface area contributed by atoms with E-state index in [0.29, 0.717) is 18.2 Å². The second-order valence-corrected chi connectivity index (χ2v) is 8.30. The molecule has 1 saturated heterocycles. The SMILES string of the molecule is CC(C)(C)NC(=O)N1CCC(CNC(=O)/C=C/c2ccc3c(c2)OCO3)CC1. The molecule has 2 aliphatic heterocycles. The highest BCUT2D eigenvalue weighted by molar-refractivity contribution is 5.91. The van der Waals surface area contributed by atoms with E-state index >= 15 is 0 Å². The lowest BCUT2D eigenvalue weighted by molar-refractivity contribution is -0.116. The lowest BCUT2D eigenvalue weighted by atomic mass is 9.97. The number of amides is 3. The molecular formula is C21H29N3O4. The molecule has 1 fully saturated rings. The monoisotopic (exact) mass is 387 g/mol. The summed E-state index contributed by atoms with van der Waals surface area (Å²) in [6, 6.07) is 5.56. The predicted octanol–water partition coefficient (Wildman–Crippen LogP) is 2.76. The van der Waals surface area contributed by atoms with Crippen LogP contribution in [0.3, 0.4) is 0 Å². The maximum atomic E-state index is 12.2. The summed E-state index contributed by atoms with van der Waals surface area (Å²) in [7, 11) is 0. The first-order chi connectivity index (χ1) is 13.3. The van der Waals surface area contributed by atoms with Gasteiger partial charge >= 0.3 is 6.03 Å². The van der Waals surface area contributed by atoms with Crippen molar-refractivity contribution in [2.75, 3.05) is 26.4 Å². The Morgan fingerprint density at radius 1 is 1.18 bits per heavy atom. The van der Waals surface area contributed by atoms with Crippen LogP contribution < -0.4 is 20.1 Å². The second kappa shape index (κ2) is 8.54. The van der Waals surface area contributed by atoms with Gasteiger partial charge in [0.25, 0.3) is 0 Å². The van der Waals surface area contributed by atoms with E-state index in [1.54, 1.807) is 6.08 Å². The maximum Gasteiger partial charge on any atom is 0.317 e. The molecule has 0 aliphatic carbocycles. The van der Waals surface area contributed by atoms with Crippen LogP contribution in [-0.2, 0) is 4.79 Å². The molecule has 28 heavy (non-hydrogen) atoms. The third kappa shape index (κ3) is 5.65. The van der Waals surface area contributed by atoms with E-state index in [1.165, 1.54) is 6.08 Å². The van der Waals surface area contributed by atoms with Crippen LogP contribution in [-0.4, -0.2) is 48.8 Å². The van der Waals surface area contributed by atoms with Gasteiger partial charge in [0.1, 0.15) is 0 Å². The lowest BCUT2D eigenvalue weighted by Crippen LogP contribution is -2.51. The van der Waals surface area contributed by atoms with E-state index in [-0.39, 0.29) is 24.3 Å². The molecule has 7 nitrogen and oxygen atoms in total. The number of piperidine rings is 1. The van der Waals surface area contributed by atoms with E-state index in [9.17, 15) is 9.59 Å². The van der Waals surface area contributed by atoms with Gasteiger partial charge in [-0.2, -0.15) is 0 Å². The van der Waals surface area contributed by atoms with Gasteiger partial charge in [-0.25, -0.2) is 4.79 Å². The van der Waals surface area contributed by atoms with Crippen LogP contribution in [0.1, 0.15) is 39.2 Å². The smallest absolute Gasteiger partial charge is 0.317 e. The van der Waals surface area contributed by atoms with Crippen LogP contribution in [0, 0.1) is 5.92 Å². The summed E-state index contributed by atoms with van der Waals surface area (Å²) in [4.78, 5) is 26.1. The number of fused-ring (bicyclic) bond motifs is 1. The van der Waals surface area contributed by atoms with E-state index < -0.39 is 0 Å². The molecule has 1 aromatic carbocycles. The number of hydrogen-bond acceptors (Lipinski definition) is 4. The first kappa shape index (κ1) is 20.0. The van der Waals surface area contributed by atoms with Gasteiger partial charge in [0, 0.05) is 31.2 Å². The zero-order valence-electron chi connectivity index (χ0n) is 16.8. The number of rotatable bonds is 4. The molecule has 3 rings (SSSR count). The van der Waals surface area contributed by atoms with Crippen molar-refractivity contribution in [1.82, 2.24) is 15.5 Å². The Morgan fingerprint density at radius 2 is 1.89 bits per heavy atom. The minimum absolute atomic E-state index is 0.0124. The molecule has 0 unspecified atom stereocenters. The maximum absolute atomic E-state index is 12.2. The van der Waals surface area contributed by atoms with Crippen LogP contribution in [0.4, 0.5) is 4.79 Å². The standard InChI is InChI=1S/C21H29N3O4/c1-21(2,3)23-20(26)24-10-8-16(9-11-24)13-22-19(25)7-5-15-4-6-17-18(12-15)28-14-27-17/h4-7,12,16H,8-11,13-14H2,1-3H3,(H,22,25)(H,23,26)/b7-5+. The lowest BCUT2D eigenvalue weighted by Gasteiger charge is -2.34. The number of carbonyl (C=O) groups excluding carboxylic acids is 2. The van der Waals surface area contributed by atoms with E-state index in [0.717, 1.165) is 37.2 Å². The van der Waals surface area contributed by atoms with Crippen molar-refractivity contribution in [3.05, 3.63) is 29.8 Å². The third-order valence-electron chi connectivity index (χ3n) is 4.77. The number of hydrogen-bond donors (Lipinski definition) is 2. The molecule has 0 radical (unpaired) electrons. The topological polar surface area (TPSA) is 79.9 Å². The molecule has 0 spiro atoms. The minimum Gasteiger partial charge on any atom is -0.454 e. The summed E-state index contributed by atoms with van der Waals surface area (Å²) in [6.45, 7) is 8.22. The number of benzene rings is 1. The molecule has 152 valence electrons. The Morgan fingerprint density at radius 3 is 2.61 bits per heavy atom. The zero-order chi connectivity index (χ0) is 20.1. The Kier molecular flexibility index (Phi) is 6.11. The molecular weight excluding hydrogens is 358 g/mol. The summed E-state index contributed by atoms with van der Waals surface area (Å²) in [5.41, 5.74) is 0.657. The molecule has 7 heteroatoms. The number of ether oxygens (including phenoxy) is 2. The van der Waals surface area contributed by atoms with Gasteiger partial charge in [-0.15, -0.1) is 0 Å². The molecule has 3 amide bonds. The van der Waals surface area contributed by atoms with Crippen molar-refractivity contribution in [3.63, 3.8) is 0 Å². The fourth-order valence-electron chi connectivity index (χ4n) is 3.23. The van der Waals surface area contributed by atoms with Crippen LogP contribution >= 0.6 is 0 Å². The number of carbonyl (C=O) groups is 2. The molecule has 2 aliphatic rings. The normalized spacial score (nSPS) is 17.0. The van der Waals surface area contributed by atoms with Gasteiger partial charge in [-0.05, 0) is 63.3 Å². The Bertz CT molecular complexity index is 747. The third-order valence-corrected chi connectivity index (χ3v) is 4.77. The summed E-state index contributed by atoms with van der Waals surface area (Å²) in [5, 5.41) is 5.95. The van der Waals surface area contributed by atoms with Crippen molar-refractivity contribution < 1.29 is 19.1 Å². The Labute approximate surface area is 166 Å². The highest BCUT2D eigenvalue weighted by Crippen LogP contribution is 2.32. The van der Waals surface area contributed by atoms with Crippen LogP contribution in [0.5, 0.6) is 11.5 Å². The Hall–Kier alpha value is -2.70. The molecule has 0 atom stereocenters. The number of likely N-dealkylation sites (tertiary alicyclic amines) is 1. The number of urea groups is 1. The largest absolute Gasteiger partial charge is 0.454 e. The van der Waals surface area contributed by atoms with E-state index in [4.69, 9.17) is 9.47 Å². The first-order valence-corrected chi connectivity index (χ1v) is 9.73. The van der Waals surface area contributed by atoms with Gasteiger partial charge < -0.3 is 25.0 Å². The van der Waals surface area contributed by atoms with Crippen molar-refractivity contribution in [3.8, 4) is 11.5 Å². The molecule has 0 bridgehead atoms. The Balaban J connectivity index is 1.39. The average Bonchev–Trinajstić information content (AvgIpc) is 3.11. The number of nitrogens with one attached hydrogen (secondary N) is 2.